The van der Waals surface area contributed by atoms with Crippen LogP contribution in [-0.4, -0.2) is 13.0 Å². The molecular formula is C6H4BFO. The molecule has 3 heteroatoms. The number of rotatable bonds is 0. The summed E-state index contributed by atoms with van der Waals surface area (Å²) in [4.78, 5) is 0. The van der Waals surface area contributed by atoms with Crippen molar-refractivity contribution in [3.05, 3.63) is 24.0 Å². The van der Waals surface area contributed by atoms with E-state index >= 15 is 0 Å². The number of hydrogen-bond acceptors (Lipinski definition) is 1. The van der Waals surface area contributed by atoms with Crippen molar-refractivity contribution >= 4 is 13.3 Å². The van der Waals surface area contributed by atoms with Crippen LogP contribution in [0, 0.1) is 5.82 Å². The summed E-state index contributed by atoms with van der Waals surface area (Å²) in [7, 11) is 5.09. The van der Waals surface area contributed by atoms with Crippen LogP contribution in [0.3, 0.4) is 0 Å². The normalized spacial score (nSPS) is 9.44. The van der Waals surface area contributed by atoms with Gasteiger partial charge in [0.15, 0.2) is 11.6 Å². The molecule has 0 saturated heterocycles. The molecule has 0 aliphatic heterocycles. The number of phenols is 1. The van der Waals surface area contributed by atoms with Crippen molar-refractivity contribution < 1.29 is 9.50 Å². The summed E-state index contributed by atoms with van der Waals surface area (Å²) in [6.07, 6.45) is 0. The van der Waals surface area contributed by atoms with E-state index in [1.54, 1.807) is 0 Å². The van der Waals surface area contributed by atoms with Gasteiger partial charge in [0.2, 0.25) is 0 Å². The summed E-state index contributed by atoms with van der Waals surface area (Å²) in [5, 5.41) is 8.65. The molecule has 1 N–H and O–H groups in total. The molecule has 0 spiro atoms. The molecule has 0 aliphatic carbocycles. The van der Waals surface area contributed by atoms with Gasteiger partial charge in [0.05, 0.1) is 0 Å². The minimum Gasteiger partial charge on any atom is -0.505 e. The smallest absolute Gasteiger partial charge is 0.157 e. The zero-order chi connectivity index (χ0) is 6.85. The van der Waals surface area contributed by atoms with Crippen LogP contribution >= 0.6 is 0 Å². The van der Waals surface area contributed by atoms with Crippen LogP contribution in [0.4, 0.5) is 4.39 Å². The van der Waals surface area contributed by atoms with Crippen molar-refractivity contribution in [3.8, 4) is 5.75 Å². The second-order valence-corrected chi connectivity index (χ2v) is 1.68. The summed E-state index contributed by atoms with van der Waals surface area (Å²) in [5.41, 5.74) is -0.0324. The molecule has 0 saturated carbocycles. The third-order valence-electron chi connectivity index (χ3n) is 1.01. The summed E-state index contributed by atoms with van der Waals surface area (Å²) in [6.45, 7) is 0. The summed E-state index contributed by atoms with van der Waals surface area (Å²) >= 11 is 0. The first-order chi connectivity index (χ1) is 4.22. The molecule has 0 aliphatic rings. The van der Waals surface area contributed by atoms with E-state index in [4.69, 9.17) is 13.0 Å². The summed E-state index contributed by atoms with van der Waals surface area (Å²) < 4.78 is 12.4. The molecule has 1 aromatic carbocycles. The van der Waals surface area contributed by atoms with E-state index in [0.29, 0.717) is 0 Å². The fraction of sp³-hybridized carbons (Fsp3) is 0. The lowest BCUT2D eigenvalue weighted by Gasteiger charge is -1.95. The second kappa shape index (κ2) is 2.09. The molecule has 44 valence electrons. The molecule has 0 atom stereocenters. The maximum absolute atomic E-state index is 12.4. The quantitative estimate of drug-likeness (QED) is 0.491. The molecule has 0 heterocycles. The molecule has 1 nitrogen and oxygen atoms in total. The summed E-state index contributed by atoms with van der Waals surface area (Å²) in [5.74, 6) is -1.16. The SMILES string of the molecule is [B]c1cccc(O)c1F. The molecule has 1 rings (SSSR count). The zero-order valence-corrected chi connectivity index (χ0v) is 4.63. The maximum Gasteiger partial charge on any atom is 0.157 e. The van der Waals surface area contributed by atoms with Gasteiger partial charge >= 0.3 is 0 Å². The van der Waals surface area contributed by atoms with E-state index < -0.39 is 11.6 Å². The molecule has 0 amide bonds. The number of benzene rings is 1. The zero-order valence-electron chi connectivity index (χ0n) is 4.63. The minimum absolute atomic E-state index is 0.0324. The lowest BCUT2D eigenvalue weighted by atomic mass is 9.95. The van der Waals surface area contributed by atoms with E-state index in [2.05, 4.69) is 0 Å². The van der Waals surface area contributed by atoms with Gasteiger partial charge in [-0.3, -0.25) is 0 Å². The third kappa shape index (κ3) is 1.04. The topological polar surface area (TPSA) is 20.2 Å². The van der Waals surface area contributed by atoms with Gasteiger partial charge < -0.3 is 5.11 Å². The highest BCUT2D eigenvalue weighted by atomic mass is 19.1. The molecule has 0 bridgehead atoms. The van der Waals surface area contributed by atoms with Crippen LogP contribution in [0.1, 0.15) is 0 Å². The largest absolute Gasteiger partial charge is 0.505 e. The minimum atomic E-state index is -0.752. The predicted molar refractivity (Wildman–Crippen MR) is 33.5 cm³/mol. The Kier molecular flexibility index (Phi) is 1.43. The molecule has 0 aromatic heterocycles. The van der Waals surface area contributed by atoms with E-state index in [9.17, 15) is 4.39 Å². The lowest BCUT2D eigenvalue weighted by Crippen LogP contribution is -2.06. The maximum atomic E-state index is 12.4. The highest BCUT2D eigenvalue weighted by Crippen LogP contribution is 2.09. The Morgan fingerprint density at radius 3 is 2.56 bits per heavy atom. The van der Waals surface area contributed by atoms with E-state index in [-0.39, 0.29) is 5.46 Å². The van der Waals surface area contributed by atoms with Crippen molar-refractivity contribution in [1.29, 1.82) is 0 Å². The summed E-state index contributed by atoms with van der Waals surface area (Å²) in [6, 6.07) is 4.11. The number of phenolic OH excluding ortho intramolecular Hbond substituents is 1. The van der Waals surface area contributed by atoms with Crippen LogP contribution in [0.5, 0.6) is 5.75 Å². The fourth-order valence-corrected chi connectivity index (χ4v) is 0.537. The van der Waals surface area contributed by atoms with Crippen LogP contribution in [0.2, 0.25) is 0 Å². The molecule has 1 aromatic rings. The van der Waals surface area contributed by atoms with Gasteiger partial charge in [-0.15, -0.1) is 0 Å². The molecule has 0 unspecified atom stereocenters. The fourth-order valence-electron chi connectivity index (χ4n) is 0.537. The Morgan fingerprint density at radius 1 is 1.44 bits per heavy atom. The standard InChI is InChI=1S/C6H4BFO/c7-4-2-1-3-5(9)6(4)8/h1-3,9H. The van der Waals surface area contributed by atoms with Crippen molar-refractivity contribution in [2.24, 2.45) is 0 Å². The van der Waals surface area contributed by atoms with Gasteiger partial charge in [-0.25, -0.2) is 4.39 Å². The van der Waals surface area contributed by atoms with Gasteiger partial charge in [0, 0.05) is 0 Å². The Morgan fingerprint density at radius 2 is 2.11 bits per heavy atom. The molecule has 0 fully saturated rings. The average Bonchev–Trinajstić information content (AvgIpc) is 1.83. The van der Waals surface area contributed by atoms with Gasteiger partial charge in [-0.1, -0.05) is 17.6 Å². The Hall–Kier alpha value is -0.985. The predicted octanol–water partition coefficient (Wildman–Crippen LogP) is 0.325. The van der Waals surface area contributed by atoms with Gasteiger partial charge in [-0.2, -0.15) is 0 Å². The van der Waals surface area contributed by atoms with Crippen molar-refractivity contribution in [1.82, 2.24) is 0 Å². The first-order valence-electron chi connectivity index (χ1n) is 2.45. The number of halogens is 1. The first-order valence-corrected chi connectivity index (χ1v) is 2.45. The van der Waals surface area contributed by atoms with Gasteiger partial charge in [0.1, 0.15) is 7.85 Å². The van der Waals surface area contributed by atoms with Crippen LogP contribution in [0.25, 0.3) is 0 Å². The molecule has 9 heavy (non-hydrogen) atoms. The Bertz CT molecular complexity index is 204. The second-order valence-electron chi connectivity index (χ2n) is 1.68. The Balaban J connectivity index is 3.25. The first kappa shape index (κ1) is 6.14. The van der Waals surface area contributed by atoms with Crippen molar-refractivity contribution in [3.63, 3.8) is 0 Å². The Labute approximate surface area is 53.5 Å². The monoisotopic (exact) mass is 122 g/mol. The molecular weight excluding hydrogens is 118 g/mol. The van der Waals surface area contributed by atoms with Crippen molar-refractivity contribution in [2.45, 2.75) is 0 Å². The van der Waals surface area contributed by atoms with E-state index in [0.717, 1.165) is 0 Å². The van der Waals surface area contributed by atoms with Gasteiger partial charge in [-0.05, 0) is 6.07 Å². The van der Waals surface area contributed by atoms with E-state index in [1.165, 1.54) is 18.2 Å². The average molecular weight is 122 g/mol. The van der Waals surface area contributed by atoms with Crippen LogP contribution in [-0.2, 0) is 0 Å². The lowest BCUT2D eigenvalue weighted by molar-refractivity contribution is 0.435. The number of aromatic hydroxyl groups is 1. The molecule has 2 radical (unpaired) electrons. The van der Waals surface area contributed by atoms with Crippen LogP contribution < -0.4 is 5.46 Å². The number of hydrogen-bond donors (Lipinski definition) is 1. The van der Waals surface area contributed by atoms with E-state index in [1.807, 2.05) is 0 Å². The van der Waals surface area contributed by atoms with Crippen LogP contribution in [0.15, 0.2) is 18.2 Å². The van der Waals surface area contributed by atoms with Crippen molar-refractivity contribution in [2.75, 3.05) is 0 Å². The highest BCUT2D eigenvalue weighted by molar-refractivity contribution is 6.32. The van der Waals surface area contributed by atoms with Gasteiger partial charge in [0.25, 0.3) is 0 Å². The highest BCUT2D eigenvalue weighted by Gasteiger charge is 1.99. The third-order valence-corrected chi connectivity index (χ3v) is 1.01.